The minimum Gasteiger partial charge on any atom is -0.366 e. The highest BCUT2D eigenvalue weighted by molar-refractivity contribution is 5.39. The van der Waals surface area contributed by atoms with Gasteiger partial charge >= 0.3 is 0 Å². The second kappa shape index (κ2) is 6.70. The van der Waals surface area contributed by atoms with E-state index >= 15 is 0 Å². The average molecular weight is 287 g/mol. The third-order valence-corrected chi connectivity index (χ3v) is 3.73. The minimum absolute atomic E-state index is 0.764. The lowest BCUT2D eigenvalue weighted by molar-refractivity contribution is 0.703. The van der Waals surface area contributed by atoms with E-state index in [1.807, 2.05) is 24.7 Å². The Balaban J connectivity index is 2.22. The normalized spacial score (nSPS) is 10.9. The van der Waals surface area contributed by atoms with E-state index in [-0.39, 0.29) is 0 Å². The van der Waals surface area contributed by atoms with Crippen molar-refractivity contribution in [3.8, 4) is 0 Å². The van der Waals surface area contributed by atoms with Gasteiger partial charge in [-0.15, -0.1) is 0 Å². The van der Waals surface area contributed by atoms with Crippen LogP contribution in [0.4, 0.5) is 5.82 Å². The molecule has 0 spiro atoms. The molecule has 0 unspecified atom stereocenters. The van der Waals surface area contributed by atoms with E-state index in [4.69, 9.17) is 0 Å². The lowest BCUT2D eigenvalue weighted by Crippen LogP contribution is -2.07. The first-order valence-corrected chi connectivity index (χ1v) is 7.71. The Bertz CT molecular complexity index is 615. The predicted molar refractivity (Wildman–Crippen MR) is 85.4 cm³/mol. The number of hydrogen-bond acceptors (Lipinski definition) is 4. The summed E-state index contributed by atoms with van der Waals surface area (Å²) in [5.41, 5.74) is 4.84. The molecule has 0 amide bonds. The van der Waals surface area contributed by atoms with E-state index in [9.17, 15) is 0 Å². The van der Waals surface area contributed by atoms with Gasteiger partial charge in [0.05, 0.1) is 5.69 Å². The molecule has 0 aliphatic rings. The molecule has 0 atom stereocenters. The molecule has 2 aromatic rings. The SMILES string of the molecule is CCc1cc(NCc2c(CC)nn(C)c2CC)nc(C)n1. The van der Waals surface area contributed by atoms with Crippen LogP contribution in [0.1, 0.15) is 49.2 Å². The van der Waals surface area contributed by atoms with Crippen molar-refractivity contribution in [2.45, 2.75) is 53.5 Å². The lowest BCUT2D eigenvalue weighted by atomic mass is 10.1. The van der Waals surface area contributed by atoms with Crippen molar-refractivity contribution < 1.29 is 0 Å². The highest BCUT2D eigenvalue weighted by Gasteiger charge is 2.13. The van der Waals surface area contributed by atoms with Gasteiger partial charge < -0.3 is 5.32 Å². The maximum atomic E-state index is 4.61. The molecule has 0 fully saturated rings. The van der Waals surface area contributed by atoms with Gasteiger partial charge in [0.25, 0.3) is 0 Å². The molecular formula is C16H25N5. The fourth-order valence-electron chi connectivity index (χ4n) is 2.67. The number of rotatable bonds is 6. The zero-order valence-corrected chi connectivity index (χ0v) is 13.7. The monoisotopic (exact) mass is 287 g/mol. The molecule has 2 rings (SSSR count). The Morgan fingerprint density at radius 3 is 2.48 bits per heavy atom. The summed E-state index contributed by atoms with van der Waals surface area (Å²) < 4.78 is 2.00. The summed E-state index contributed by atoms with van der Waals surface area (Å²) in [5, 5.41) is 8.04. The maximum absolute atomic E-state index is 4.61. The van der Waals surface area contributed by atoms with Gasteiger partial charge in [0, 0.05) is 36.6 Å². The molecule has 0 bridgehead atoms. The van der Waals surface area contributed by atoms with E-state index in [2.05, 4.69) is 41.2 Å². The van der Waals surface area contributed by atoms with E-state index in [0.717, 1.165) is 43.1 Å². The van der Waals surface area contributed by atoms with Gasteiger partial charge in [-0.25, -0.2) is 9.97 Å². The lowest BCUT2D eigenvalue weighted by Gasteiger charge is -2.09. The molecule has 5 heteroatoms. The van der Waals surface area contributed by atoms with Crippen molar-refractivity contribution in [1.29, 1.82) is 0 Å². The first-order chi connectivity index (χ1) is 10.1. The topological polar surface area (TPSA) is 55.6 Å². The first-order valence-electron chi connectivity index (χ1n) is 7.71. The van der Waals surface area contributed by atoms with Gasteiger partial charge in [0.15, 0.2) is 0 Å². The Morgan fingerprint density at radius 1 is 1.10 bits per heavy atom. The van der Waals surface area contributed by atoms with Gasteiger partial charge in [0.1, 0.15) is 11.6 Å². The fourth-order valence-corrected chi connectivity index (χ4v) is 2.67. The summed E-state index contributed by atoms with van der Waals surface area (Å²) in [5.74, 6) is 1.71. The predicted octanol–water partition coefficient (Wildman–Crippen LogP) is 2.82. The number of nitrogens with one attached hydrogen (secondary N) is 1. The average Bonchev–Trinajstić information content (AvgIpc) is 2.79. The van der Waals surface area contributed by atoms with E-state index in [1.165, 1.54) is 17.0 Å². The largest absolute Gasteiger partial charge is 0.366 e. The number of aryl methyl sites for hydroxylation is 4. The second-order valence-corrected chi connectivity index (χ2v) is 5.20. The zero-order chi connectivity index (χ0) is 15.4. The Morgan fingerprint density at radius 2 is 1.86 bits per heavy atom. The van der Waals surface area contributed by atoms with Crippen LogP contribution in [0.15, 0.2) is 6.07 Å². The molecule has 2 aromatic heterocycles. The minimum atomic E-state index is 0.764. The zero-order valence-electron chi connectivity index (χ0n) is 13.7. The number of anilines is 1. The van der Waals surface area contributed by atoms with Crippen LogP contribution >= 0.6 is 0 Å². The third kappa shape index (κ3) is 3.40. The summed E-state index contributed by atoms with van der Waals surface area (Å²) in [7, 11) is 2.02. The summed E-state index contributed by atoms with van der Waals surface area (Å²) in [6, 6.07) is 2.03. The Kier molecular flexibility index (Phi) is 4.94. The molecule has 0 saturated heterocycles. The van der Waals surface area contributed by atoms with Crippen molar-refractivity contribution >= 4 is 5.82 Å². The molecule has 2 heterocycles. The van der Waals surface area contributed by atoms with Gasteiger partial charge in [-0.3, -0.25) is 4.68 Å². The third-order valence-electron chi connectivity index (χ3n) is 3.73. The molecule has 114 valence electrons. The van der Waals surface area contributed by atoms with Crippen LogP contribution in [-0.4, -0.2) is 19.7 Å². The Hall–Kier alpha value is -1.91. The number of hydrogen-bond donors (Lipinski definition) is 1. The smallest absolute Gasteiger partial charge is 0.130 e. The fraction of sp³-hybridized carbons (Fsp3) is 0.562. The summed E-state index contributed by atoms with van der Waals surface area (Å²) in [6.07, 6.45) is 2.86. The molecule has 1 N–H and O–H groups in total. The highest BCUT2D eigenvalue weighted by atomic mass is 15.3. The van der Waals surface area contributed by atoms with Crippen LogP contribution in [0.2, 0.25) is 0 Å². The molecule has 5 nitrogen and oxygen atoms in total. The Labute approximate surface area is 126 Å². The van der Waals surface area contributed by atoms with Crippen LogP contribution in [0.3, 0.4) is 0 Å². The number of nitrogens with zero attached hydrogens (tertiary/aromatic N) is 4. The van der Waals surface area contributed by atoms with Gasteiger partial charge in [-0.2, -0.15) is 5.10 Å². The van der Waals surface area contributed by atoms with Gasteiger partial charge in [-0.05, 0) is 26.2 Å². The molecule has 0 aliphatic carbocycles. The van der Waals surface area contributed by atoms with Crippen molar-refractivity contribution in [3.63, 3.8) is 0 Å². The van der Waals surface area contributed by atoms with Crippen LogP contribution in [0.25, 0.3) is 0 Å². The van der Waals surface area contributed by atoms with Crippen LogP contribution < -0.4 is 5.32 Å². The molecule has 21 heavy (non-hydrogen) atoms. The van der Waals surface area contributed by atoms with Gasteiger partial charge in [0.2, 0.25) is 0 Å². The van der Waals surface area contributed by atoms with Crippen LogP contribution in [0.5, 0.6) is 0 Å². The van der Waals surface area contributed by atoms with Crippen molar-refractivity contribution in [3.05, 3.63) is 34.5 Å². The summed E-state index contributed by atoms with van der Waals surface area (Å²) in [4.78, 5) is 8.88. The second-order valence-electron chi connectivity index (χ2n) is 5.20. The summed E-state index contributed by atoms with van der Waals surface area (Å²) >= 11 is 0. The first kappa shape index (κ1) is 15.5. The standard InChI is InChI=1S/C16H25N5/c1-6-12-9-16(19-11(4)18-12)17-10-13-14(7-2)20-21(5)15(13)8-3/h9H,6-8,10H2,1-5H3,(H,17,18,19). The molecule has 0 radical (unpaired) electrons. The molecule has 0 aromatic carbocycles. The van der Waals surface area contributed by atoms with Crippen molar-refractivity contribution in [1.82, 2.24) is 19.7 Å². The van der Waals surface area contributed by atoms with Crippen molar-refractivity contribution in [2.75, 3.05) is 5.32 Å². The molecule has 0 aliphatic heterocycles. The van der Waals surface area contributed by atoms with E-state index in [1.54, 1.807) is 0 Å². The summed E-state index contributed by atoms with van der Waals surface area (Å²) in [6.45, 7) is 9.12. The molecule has 0 saturated carbocycles. The van der Waals surface area contributed by atoms with Crippen LogP contribution in [0, 0.1) is 6.92 Å². The highest BCUT2D eigenvalue weighted by Crippen LogP contribution is 2.17. The van der Waals surface area contributed by atoms with E-state index in [0.29, 0.717) is 0 Å². The van der Waals surface area contributed by atoms with Gasteiger partial charge in [-0.1, -0.05) is 20.8 Å². The number of aromatic nitrogens is 4. The maximum Gasteiger partial charge on any atom is 0.130 e. The van der Waals surface area contributed by atoms with E-state index < -0.39 is 0 Å². The van der Waals surface area contributed by atoms with Crippen molar-refractivity contribution in [2.24, 2.45) is 7.05 Å². The quantitative estimate of drug-likeness (QED) is 0.887. The molecular weight excluding hydrogens is 262 g/mol. The van der Waals surface area contributed by atoms with Crippen LogP contribution in [-0.2, 0) is 32.9 Å².